The number of halogens is 1. The lowest BCUT2D eigenvalue weighted by molar-refractivity contribution is 0.312. The molecule has 1 unspecified atom stereocenters. The van der Waals surface area contributed by atoms with Gasteiger partial charge < -0.3 is 4.90 Å². The van der Waals surface area contributed by atoms with E-state index in [4.69, 9.17) is 0 Å². The Balaban J connectivity index is 2.69. The Labute approximate surface area is 88.9 Å². The SMILES string of the molecule is CC(Cc1ccccc1Br)N(C)C. The highest BCUT2D eigenvalue weighted by Gasteiger charge is 2.07. The number of rotatable bonds is 3. The first-order valence-electron chi connectivity index (χ1n) is 4.51. The van der Waals surface area contributed by atoms with Gasteiger partial charge in [0.1, 0.15) is 0 Å². The topological polar surface area (TPSA) is 3.24 Å². The van der Waals surface area contributed by atoms with E-state index in [1.807, 2.05) is 6.07 Å². The molecule has 2 heteroatoms. The van der Waals surface area contributed by atoms with Crippen molar-refractivity contribution in [3.05, 3.63) is 34.3 Å². The molecule has 72 valence electrons. The van der Waals surface area contributed by atoms with Crippen molar-refractivity contribution in [3.63, 3.8) is 0 Å². The van der Waals surface area contributed by atoms with Gasteiger partial charge in [-0.25, -0.2) is 0 Å². The standard InChI is InChI=1S/C11H16BrN/c1-9(13(2)3)8-10-6-4-5-7-11(10)12/h4-7,9H,8H2,1-3H3. The van der Waals surface area contributed by atoms with Crippen molar-refractivity contribution in [1.29, 1.82) is 0 Å². The summed E-state index contributed by atoms with van der Waals surface area (Å²) in [5, 5.41) is 0. The van der Waals surface area contributed by atoms with Crippen molar-refractivity contribution in [3.8, 4) is 0 Å². The molecule has 1 rings (SSSR count). The highest BCUT2D eigenvalue weighted by atomic mass is 79.9. The van der Waals surface area contributed by atoms with Gasteiger partial charge in [-0.05, 0) is 39.1 Å². The molecule has 0 radical (unpaired) electrons. The molecule has 0 aliphatic heterocycles. The van der Waals surface area contributed by atoms with Crippen molar-refractivity contribution in [2.24, 2.45) is 0 Å². The summed E-state index contributed by atoms with van der Waals surface area (Å²) in [5.74, 6) is 0. The van der Waals surface area contributed by atoms with Gasteiger partial charge >= 0.3 is 0 Å². The van der Waals surface area contributed by atoms with E-state index in [0.29, 0.717) is 6.04 Å². The third-order valence-corrected chi connectivity index (χ3v) is 3.13. The normalized spacial score (nSPS) is 13.3. The summed E-state index contributed by atoms with van der Waals surface area (Å²) in [7, 11) is 4.23. The molecule has 0 fully saturated rings. The van der Waals surface area contributed by atoms with Crippen molar-refractivity contribution in [2.45, 2.75) is 19.4 Å². The monoisotopic (exact) mass is 241 g/mol. The van der Waals surface area contributed by atoms with Crippen molar-refractivity contribution in [1.82, 2.24) is 4.90 Å². The van der Waals surface area contributed by atoms with Crippen LogP contribution in [0.25, 0.3) is 0 Å². The molecule has 1 nitrogen and oxygen atoms in total. The average Bonchev–Trinajstić information content (AvgIpc) is 2.08. The lowest BCUT2D eigenvalue weighted by atomic mass is 10.1. The Morgan fingerprint density at radius 1 is 1.31 bits per heavy atom. The summed E-state index contributed by atoms with van der Waals surface area (Å²) in [4.78, 5) is 2.24. The quantitative estimate of drug-likeness (QED) is 0.787. The van der Waals surface area contributed by atoms with E-state index in [-0.39, 0.29) is 0 Å². The minimum Gasteiger partial charge on any atom is -0.306 e. The molecule has 0 aliphatic carbocycles. The van der Waals surface area contributed by atoms with E-state index in [9.17, 15) is 0 Å². The van der Waals surface area contributed by atoms with Crippen molar-refractivity contribution >= 4 is 15.9 Å². The van der Waals surface area contributed by atoms with E-state index >= 15 is 0 Å². The van der Waals surface area contributed by atoms with Gasteiger partial charge in [0.25, 0.3) is 0 Å². The molecule has 0 bridgehead atoms. The maximum absolute atomic E-state index is 3.56. The molecule has 0 saturated carbocycles. The first-order chi connectivity index (χ1) is 6.11. The van der Waals surface area contributed by atoms with E-state index in [2.05, 4.69) is 60.0 Å². The zero-order chi connectivity index (χ0) is 9.84. The summed E-state index contributed by atoms with van der Waals surface area (Å²) in [6, 6.07) is 8.98. The van der Waals surface area contributed by atoms with Crippen molar-refractivity contribution < 1.29 is 0 Å². The van der Waals surface area contributed by atoms with Crippen LogP contribution in [0.1, 0.15) is 12.5 Å². The van der Waals surface area contributed by atoms with Gasteiger partial charge in [-0.15, -0.1) is 0 Å². The highest BCUT2D eigenvalue weighted by molar-refractivity contribution is 9.10. The summed E-state index contributed by atoms with van der Waals surface area (Å²) >= 11 is 3.56. The second-order valence-electron chi connectivity index (χ2n) is 3.61. The van der Waals surface area contributed by atoms with E-state index in [1.54, 1.807) is 0 Å². The van der Waals surface area contributed by atoms with Crippen LogP contribution in [0.4, 0.5) is 0 Å². The van der Waals surface area contributed by atoms with E-state index < -0.39 is 0 Å². The minimum absolute atomic E-state index is 0.582. The lowest BCUT2D eigenvalue weighted by Crippen LogP contribution is -2.26. The average molecular weight is 242 g/mol. The van der Waals surface area contributed by atoms with Gasteiger partial charge in [-0.3, -0.25) is 0 Å². The molecule has 0 saturated heterocycles. The Bertz CT molecular complexity index is 271. The van der Waals surface area contributed by atoms with Gasteiger partial charge in [-0.2, -0.15) is 0 Å². The fourth-order valence-electron chi connectivity index (χ4n) is 1.16. The molecule has 1 atom stereocenters. The number of nitrogens with zero attached hydrogens (tertiary/aromatic N) is 1. The second-order valence-corrected chi connectivity index (χ2v) is 4.46. The molecular formula is C11H16BrN. The number of hydrogen-bond donors (Lipinski definition) is 0. The molecule has 0 aromatic heterocycles. The summed E-state index contributed by atoms with van der Waals surface area (Å²) in [5.41, 5.74) is 1.38. The van der Waals surface area contributed by atoms with Gasteiger partial charge in [0.05, 0.1) is 0 Å². The molecule has 0 amide bonds. The summed E-state index contributed by atoms with van der Waals surface area (Å²) in [6.45, 7) is 2.24. The molecular weight excluding hydrogens is 226 g/mol. The van der Waals surface area contributed by atoms with Gasteiger partial charge in [0, 0.05) is 10.5 Å². The number of likely N-dealkylation sites (N-methyl/N-ethyl adjacent to an activating group) is 1. The third-order valence-electron chi connectivity index (χ3n) is 2.35. The molecule has 1 aromatic rings. The van der Waals surface area contributed by atoms with Crippen LogP contribution in [0.3, 0.4) is 0 Å². The van der Waals surface area contributed by atoms with Crippen LogP contribution in [0.5, 0.6) is 0 Å². The fraction of sp³-hybridized carbons (Fsp3) is 0.455. The number of hydrogen-bond acceptors (Lipinski definition) is 1. The first kappa shape index (κ1) is 10.7. The summed E-state index contributed by atoms with van der Waals surface area (Å²) < 4.78 is 1.21. The highest BCUT2D eigenvalue weighted by Crippen LogP contribution is 2.18. The minimum atomic E-state index is 0.582. The molecule has 0 heterocycles. The van der Waals surface area contributed by atoms with Crippen LogP contribution in [0, 0.1) is 0 Å². The van der Waals surface area contributed by atoms with E-state index in [1.165, 1.54) is 10.0 Å². The van der Waals surface area contributed by atoms with Crippen LogP contribution < -0.4 is 0 Å². The largest absolute Gasteiger partial charge is 0.306 e. The molecule has 13 heavy (non-hydrogen) atoms. The Morgan fingerprint density at radius 2 is 1.92 bits per heavy atom. The third kappa shape index (κ3) is 3.12. The fourth-order valence-corrected chi connectivity index (χ4v) is 1.61. The predicted molar refractivity (Wildman–Crippen MR) is 61.0 cm³/mol. The van der Waals surface area contributed by atoms with E-state index in [0.717, 1.165) is 6.42 Å². The smallest absolute Gasteiger partial charge is 0.0207 e. The van der Waals surface area contributed by atoms with Gasteiger partial charge in [0.15, 0.2) is 0 Å². The van der Waals surface area contributed by atoms with Crippen LogP contribution in [-0.2, 0) is 6.42 Å². The molecule has 0 N–H and O–H groups in total. The lowest BCUT2D eigenvalue weighted by Gasteiger charge is -2.20. The van der Waals surface area contributed by atoms with Gasteiger partial charge in [-0.1, -0.05) is 34.1 Å². The Hall–Kier alpha value is -0.340. The zero-order valence-electron chi connectivity index (χ0n) is 8.42. The Morgan fingerprint density at radius 3 is 2.46 bits per heavy atom. The maximum Gasteiger partial charge on any atom is 0.0207 e. The summed E-state index contributed by atoms with van der Waals surface area (Å²) in [6.07, 6.45) is 1.09. The maximum atomic E-state index is 3.56. The zero-order valence-corrected chi connectivity index (χ0v) is 10.0. The Kier molecular flexibility index (Phi) is 3.94. The van der Waals surface area contributed by atoms with Crippen LogP contribution in [0.15, 0.2) is 28.7 Å². The predicted octanol–water partition coefficient (Wildman–Crippen LogP) is 2.94. The molecule has 0 aliphatic rings. The van der Waals surface area contributed by atoms with Crippen molar-refractivity contribution in [2.75, 3.05) is 14.1 Å². The molecule has 1 aromatic carbocycles. The second kappa shape index (κ2) is 4.77. The van der Waals surface area contributed by atoms with Crippen LogP contribution >= 0.6 is 15.9 Å². The molecule has 0 spiro atoms. The van der Waals surface area contributed by atoms with Crippen LogP contribution in [0.2, 0.25) is 0 Å². The van der Waals surface area contributed by atoms with Crippen LogP contribution in [-0.4, -0.2) is 25.0 Å². The first-order valence-corrected chi connectivity index (χ1v) is 5.30. The number of benzene rings is 1. The van der Waals surface area contributed by atoms with Gasteiger partial charge in [0.2, 0.25) is 0 Å².